The maximum atomic E-state index is 13.4. The summed E-state index contributed by atoms with van der Waals surface area (Å²) in [5.41, 5.74) is 1.28. The lowest BCUT2D eigenvalue weighted by molar-refractivity contribution is -0.141. The van der Waals surface area contributed by atoms with E-state index in [-0.39, 0.29) is 37.7 Å². The van der Waals surface area contributed by atoms with Gasteiger partial charge in [0.05, 0.1) is 18.6 Å². The minimum atomic E-state index is -3.62. The summed E-state index contributed by atoms with van der Waals surface area (Å²) in [5.74, 6) is 0.0173. The summed E-state index contributed by atoms with van der Waals surface area (Å²) in [7, 11) is -3.62. The molecule has 2 amide bonds. The van der Waals surface area contributed by atoms with Crippen molar-refractivity contribution in [3.8, 4) is 5.75 Å². The monoisotopic (exact) mass is 537 g/mol. The second-order valence-corrected chi connectivity index (χ2v) is 10.6. The van der Waals surface area contributed by atoms with Crippen molar-refractivity contribution in [2.45, 2.75) is 52.6 Å². The molecule has 0 bridgehead atoms. The molecule has 0 aliphatic carbocycles. The Labute approximate surface area is 219 Å². The molecule has 2 aromatic carbocycles. The molecule has 1 atom stereocenters. The van der Waals surface area contributed by atoms with Crippen LogP contribution < -0.4 is 14.4 Å². The number of likely N-dealkylation sites (N-methyl/N-ethyl adjacent to an activating group) is 1. The highest BCUT2D eigenvalue weighted by molar-refractivity contribution is 7.92. The number of benzene rings is 2. The van der Waals surface area contributed by atoms with Gasteiger partial charge in [0, 0.05) is 31.1 Å². The number of sulfonamides is 1. The van der Waals surface area contributed by atoms with E-state index >= 15 is 0 Å². The van der Waals surface area contributed by atoms with E-state index in [0.29, 0.717) is 36.0 Å². The Morgan fingerprint density at radius 2 is 1.72 bits per heavy atom. The van der Waals surface area contributed by atoms with Crippen molar-refractivity contribution >= 4 is 39.1 Å². The third kappa shape index (κ3) is 8.41. The van der Waals surface area contributed by atoms with Gasteiger partial charge in [-0.2, -0.15) is 0 Å². The summed E-state index contributed by atoms with van der Waals surface area (Å²) in [5, 5.41) is 3.39. The number of anilines is 1. The molecular weight excluding hydrogens is 502 g/mol. The molecule has 0 aliphatic rings. The number of carbonyl (C=O) groups is 2. The summed E-state index contributed by atoms with van der Waals surface area (Å²) < 4.78 is 32.1. The summed E-state index contributed by atoms with van der Waals surface area (Å²) in [6.07, 6.45) is 1.93. The van der Waals surface area contributed by atoms with Crippen molar-refractivity contribution in [1.82, 2.24) is 10.2 Å². The van der Waals surface area contributed by atoms with Crippen LogP contribution >= 0.6 is 11.6 Å². The number of amides is 2. The largest absolute Gasteiger partial charge is 0.492 e. The van der Waals surface area contributed by atoms with Crippen molar-refractivity contribution in [1.29, 1.82) is 0 Å². The average molecular weight is 538 g/mol. The molecule has 0 spiro atoms. The highest BCUT2D eigenvalue weighted by Gasteiger charge is 2.29. The van der Waals surface area contributed by atoms with E-state index in [1.54, 1.807) is 41.3 Å². The van der Waals surface area contributed by atoms with Crippen LogP contribution in [0.2, 0.25) is 5.02 Å². The molecule has 1 N–H and O–H groups in total. The minimum absolute atomic E-state index is 0.0757. The predicted molar refractivity (Wildman–Crippen MR) is 144 cm³/mol. The van der Waals surface area contributed by atoms with E-state index < -0.39 is 16.1 Å². The van der Waals surface area contributed by atoms with E-state index in [0.717, 1.165) is 11.8 Å². The molecular formula is C26H36ClN3O5S. The van der Waals surface area contributed by atoms with Gasteiger partial charge in [-0.1, -0.05) is 42.8 Å². The smallest absolute Gasteiger partial charge is 0.242 e. The van der Waals surface area contributed by atoms with Gasteiger partial charge in [0.2, 0.25) is 21.8 Å². The zero-order chi connectivity index (χ0) is 26.7. The first-order valence-corrected chi connectivity index (χ1v) is 14.4. The number of nitrogens with one attached hydrogen (secondary N) is 1. The number of halogens is 1. The normalized spacial score (nSPS) is 12.0. The Morgan fingerprint density at radius 1 is 1.06 bits per heavy atom. The van der Waals surface area contributed by atoms with Gasteiger partial charge in [0.15, 0.2) is 0 Å². The summed E-state index contributed by atoms with van der Waals surface area (Å²) in [4.78, 5) is 27.7. The number of ether oxygens (including phenoxy) is 1. The molecule has 0 saturated carbocycles. The first-order valence-electron chi connectivity index (χ1n) is 12.1. The topological polar surface area (TPSA) is 96.0 Å². The van der Waals surface area contributed by atoms with Crippen LogP contribution in [0.15, 0.2) is 48.5 Å². The molecule has 0 aliphatic heterocycles. The molecule has 0 aromatic heterocycles. The van der Waals surface area contributed by atoms with Crippen molar-refractivity contribution in [2.75, 3.05) is 30.3 Å². The number of rotatable bonds is 14. The van der Waals surface area contributed by atoms with Gasteiger partial charge in [-0.25, -0.2) is 8.42 Å². The third-order valence-corrected chi connectivity index (χ3v) is 7.02. The van der Waals surface area contributed by atoms with Crippen molar-refractivity contribution in [3.63, 3.8) is 0 Å². The molecule has 0 heterocycles. The summed E-state index contributed by atoms with van der Waals surface area (Å²) >= 11 is 6.00. The Kier molecular flexibility index (Phi) is 11.5. The van der Waals surface area contributed by atoms with Crippen LogP contribution in [-0.4, -0.2) is 57.1 Å². The van der Waals surface area contributed by atoms with Crippen molar-refractivity contribution in [3.05, 3.63) is 59.1 Å². The Hall–Kier alpha value is -2.78. The van der Waals surface area contributed by atoms with Crippen molar-refractivity contribution in [2.24, 2.45) is 0 Å². The highest BCUT2D eigenvalue weighted by Crippen LogP contribution is 2.30. The number of nitrogens with zero attached hydrogens (tertiary/aromatic N) is 2. The fraction of sp³-hybridized carbons (Fsp3) is 0.462. The molecule has 2 aromatic rings. The molecule has 0 fully saturated rings. The second-order valence-electron chi connectivity index (χ2n) is 8.31. The van der Waals surface area contributed by atoms with E-state index in [9.17, 15) is 18.0 Å². The maximum Gasteiger partial charge on any atom is 0.242 e. The van der Waals surface area contributed by atoms with E-state index in [4.69, 9.17) is 16.3 Å². The lowest BCUT2D eigenvalue weighted by atomic mass is 10.1. The van der Waals surface area contributed by atoms with Gasteiger partial charge >= 0.3 is 0 Å². The van der Waals surface area contributed by atoms with Gasteiger partial charge in [-0.05, 0) is 56.5 Å². The Morgan fingerprint density at radius 3 is 2.31 bits per heavy atom. The maximum absolute atomic E-state index is 13.4. The first-order chi connectivity index (χ1) is 17.1. The number of hydrogen-bond acceptors (Lipinski definition) is 5. The highest BCUT2D eigenvalue weighted by atomic mass is 35.5. The van der Waals surface area contributed by atoms with Crippen LogP contribution in [0.5, 0.6) is 5.75 Å². The van der Waals surface area contributed by atoms with Crippen LogP contribution in [0.3, 0.4) is 0 Å². The van der Waals surface area contributed by atoms with Crippen molar-refractivity contribution < 1.29 is 22.7 Å². The lowest BCUT2D eigenvalue weighted by Crippen LogP contribution is -2.49. The molecule has 36 heavy (non-hydrogen) atoms. The first kappa shape index (κ1) is 29.5. The predicted octanol–water partition coefficient (Wildman–Crippen LogP) is 4.23. The lowest BCUT2D eigenvalue weighted by Gasteiger charge is -2.31. The van der Waals surface area contributed by atoms with Gasteiger partial charge in [-0.15, -0.1) is 0 Å². The zero-order valence-corrected chi connectivity index (χ0v) is 22.9. The van der Waals surface area contributed by atoms with Gasteiger partial charge in [-0.3, -0.25) is 13.9 Å². The van der Waals surface area contributed by atoms with E-state index in [2.05, 4.69) is 5.32 Å². The fourth-order valence-corrected chi connectivity index (χ4v) is 5.02. The molecule has 8 nitrogen and oxygen atoms in total. The SMILES string of the molecule is CCNC(=O)[C@@H](CC)N(Cc1ccc(Cl)cc1)C(=O)CCCN(c1ccccc1OCC)S(C)(=O)=O. The van der Waals surface area contributed by atoms with E-state index in [1.807, 2.05) is 32.9 Å². The van der Waals surface area contributed by atoms with E-state index in [1.165, 1.54) is 4.31 Å². The van der Waals surface area contributed by atoms with Crippen LogP contribution in [-0.2, 0) is 26.2 Å². The molecule has 10 heteroatoms. The molecule has 0 radical (unpaired) electrons. The number of carbonyl (C=O) groups excluding carboxylic acids is 2. The summed E-state index contributed by atoms with van der Waals surface area (Å²) in [6.45, 7) is 6.71. The number of para-hydroxylation sites is 2. The molecule has 0 unspecified atom stereocenters. The quantitative estimate of drug-likeness (QED) is 0.389. The molecule has 2 rings (SSSR count). The van der Waals surface area contributed by atoms with Crippen LogP contribution in [0, 0.1) is 0 Å². The molecule has 198 valence electrons. The average Bonchev–Trinajstić information content (AvgIpc) is 2.83. The van der Waals surface area contributed by atoms with Crippen LogP contribution in [0.25, 0.3) is 0 Å². The molecule has 0 saturated heterocycles. The summed E-state index contributed by atoms with van der Waals surface area (Å²) in [6, 6.07) is 13.4. The Bertz CT molecular complexity index is 1110. The Balaban J connectivity index is 2.23. The van der Waals surface area contributed by atoms with Gasteiger partial charge < -0.3 is 15.0 Å². The second kappa shape index (κ2) is 14.1. The number of hydrogen-bond donors (Lipinski definition) is 1. The zero-order valence-electron chi connectivity index (χ0n) is 21.4. The van der Waals surface area contributed by atoms with Crippen LogP contribution in [0.1, 0.15) is 45.6 Å². The fourth-order valence-electron chi connectivity index (χ4n) is 3.92. The van der Waals surface area contributed by atoms with Crippen LogP contribution in [0.4, 0.5) is 5.69 Å². The third-order valence-electron chi connectivity index (χ3n) is 5.59. The minimum Gasteiger partial charge on any atom is -0.492 e. The standard InChI is InChI=1S/C26H36ClN3O5S/c1-5-22(26(32)28-6-2)29(19-20-14-16-21(27)17-15-20)25(31)13-10-18-30(36(4,33)34)23-11-8-9-12-24(23)35-7-3/h8-9,11-12,14-17,22H,5-7,10,13,18-19H2,1-4H3,(H,28,32)/t22-/m1/s1. The van der Waals surface area contributed by atoms with Gasteiger partial charge in [0.25, 0.3) is 0 Å². The van der Waals surface area contributed by atoms with Gasteiger partial charge in [0.1, 0.15) is 11.8 Å².